The highest BCUT2D eigenvalue weighted by Crippen LogP contribution is 2.39. The Hall–Kier alpha value is -3.32. The van der Waals surface area contributed by atoms with Gasteiger partial charge in [0.15, 0.2) is 0 Å². The molecule has 7 nitrogen and oxygen atoms in total. The molecule has 0 unspecified atom stereocenters. The lowest BCUT2D eigenvalue weighted by molar-refractivity contribution is -0.858. The van der Waals surface area contributed by atoms with Gasteiger partial charge in [-0.2, -0.15) is 0 Å². The van der Waals surface area contributed by atoms with E-state index in [4.69, 9.17) is 9.15 Å². The SMILES string of the molecule is C=CCOc1ccc(C(O)=C2C(=O)C(=O)N(CCC[NH+](C)C)[C@@H]2c2ccco2)cc1. The van der Waals surface area contributed by atoms with Crippen LogP contribution >= 0.6 is 0 Å². The fourth-order valence-corrected chi connectivity index (χ4v) is 3.48. The maximum Gasteiger partial charge on any atom is 0.295 e. The van der Waals surface area contributed by atoms with E-state index < -0.39 is 17.7 Å². The predicted molar refractivity (Wildman–Crippen MR) is 112 cm³/mol. The van der Waals surface area contributed by atoms with Crippen molar-refractivity contribution in [3.63, 3.8) is 0 Å². The molecule has 0 aliphatic carbocycles. The fraction of sp³-hybridized carbons (Fsp3) is 0.304. The number of hydrogen-bond acceptors (Lipinski definition) is 5. The molecule has 0 saturated carbocycles. The molecule has 3 rings (SSSR count). The van der Waals surface area contributed by atoms with E-state index in [-0.39, 0.29) is 11.3 Å². The molecule has 7 heteroatoms. The van der Waals surface area contributed by atoms with E-state index in [0.29, 0.717) is 30.2 Å². The summed E-state index contributed by atoms with van der Waals surface area (Å²) in [4.78, 5) is 28.3. The number of Topliss-reactive ketones (excluding diaryl/α,β-unsaturated/α-hetero) is 1. The summed E-state index contributed by atoms with van der Waals surface area (Å²) < 4.78 is 11.0. The quantitative estimate of drug-likeness (QED) is 0.285. The molecule has 2 N–H and O–H groups in total. The van der Waals surface area contributed by atoms with E-state index in [0.717, 1.165) is 13.0 Å². The third kappa shape index (κ3) is 4.46. The van der Waals surface area contributed by atoms with Gasteiger partial charge in [0.1, 0.15) is 29.9 Å². The number of amides is 1. The van der Waals surface area contributed by atoms with Crippen LogP contribution in [0.2, 0.25) is 0 Å². The second-order valence-electron chi connectivity index (χ2n) is 7.44. The average molecular weight is 411 g/mol. The minimum Gasteiger partial charge on any atom is -0.507 e. The molecule has 1 aromatic heterocycles. The standard InChI is InChI=1S/C23H26N2O5/c1-4-14-29-17-10-8-16(9-11-17)21(26)19-20(18-7-5-15-30-18)25(23(28)22(19)27)13-6-12-24(2)3/h4-5,7-11,15,20,26H,1,6,12-14H2,2-3H3/p+1/t20-/m1/s1. The zero-order valence-electron chi connectivity index (χ0n) is 17.3. The van der Waals surface area contributed by atoms with Crippen molar-refractivity contribution in [2.75, 3.05) is 33.8 Å². The summed E-state index contributed by atoms with van der Waals surface area (Å²) in [6.07, 6.45) is 3.85. The first-order valence-corrected chi connectivity index (χ1v) is 9.89. The molecule has 1 amide bonds. The zero-order chi connectivity index (χ0) is 21.7. The summed E-state index contributed by atoms with van der Waals surface area (Å²) in [7, 11) is 4.06. The third-order valence-corrected chi connectivity index (χ3v) is 4.92. The summed E-state index contributed by atoms with van der Waals surface area (Å²) in [5, 5.41) is 11.0. The second kappa shape index (κ2) is 9.45. The van der Waals surface area contributed by atoms with Crippen LogP contribution in [-0.4, -0.2) is 55.5 Å². The lowest BCUT2D eigenvalue weighted by Crippen LogP contribution is -3.05. The summed E-state index contributed by atoms with van der Waals surface area (Å²) in [5.41, 5.74) is 0.458. The Kier molecular flexibility index (Phi) is 6.74. The molecular formula is C23H27N2O5+. The Labute approximate surface area is 175 Å². The number of carbonyl (C=O) groups is 2. The number of furan rings is 1. The number of nitrogens with zero attached hydrogens (tertiary/aromatic N) is 1. The largest absolute Gasteiger partial charge is 0.507 e. The second-order valence-corrected chi connectivity index (χ2v) is 7.44. The summed E-state index contributed by atoms with van der Waals surface area (Å²) in [6.45, 7) is 5.21. The van der Waals surface area contributed by atoms with Crippen molar-refractivity contribution < 1.29 is 28.7 Å². The Balaban J connectivity index is 1.96. The van der Waals surface area contributed by atoms with Crippen LogP contribution in [0.3, 0.4) is 0 Å². The van der Waals surface area contributed by atoms with Crippen molar-refractivity contribution in [1.82, 2.24) is 4.90 Å². The van der Waals surface area contributed by atoms with E-state index >= 15 is 0 Å². The first-order chi connectivity index (χ1) is 14.4. The van der Waals surface area contributed by atoms with E-state index in [1.165, 1.54) is 16.1 Å². The first-order valence-electron chi connectivity index (χ1n) is 9.89. The summed E-state index contributed by atoms with van der Waals surface area (Å²) in [5.74, 6) is -0.513. The molecule has 30 heavy (non-hydrogen) atoms. The molecule has 1 aliphatic rings. The number of benzene rings is 1. The number of ether oxygens (including phenoxy) is 1. The van der Waals surface area contributed by atoms with Crippen molar-refractivity contribution in [2.24, 2.45) is 0 Å². The Bertz CT molecular complexity index is 929. The zero-order valence-corrected chi connectivity index (χ0v) is 17.3. The number of quaternary nitrogens is 1. The maximum absolute atomic E-state index is 12.8. The molecule has 0 bridgehead atoms. The third-order valence-electron chi connectivity index (χ3n) is 4.92. The topological polar surface area (TPSA) is 84.4 Å². The highest BCUT2D eigenvalue weighted by molar-refractivity contribution is 6.46. The number of ketones is 1. The Morgan fingerprint density at radius 3 is 2.60 bits per heavy atom. The van der Waals surface area contributed by atoms with Gasteiger partial charge in [-0.05, 0) is 36.4 Å². The molecule has 2 heterocycles. The van der Waals surface area contributed by atoms with E-state index in [2.05, 4.69) is 6.58 Å². The minimum absolute atomic E-state index is 0.0342. The van der Waals surface area contributed by atoms with Gasteiger partial charge in [0.2, 0.25) is 0 Å². The number of aliphatic hydroxyl groups excluding tert-OH is 1. The predicted octanol–water partition coefficient (Wildman–Crippen LogP) is 1.80. The molecule has 1 saturated heterocycles. The van der Waals surface area contributed by atoms with E-state index in [1.54, 1.807) is 42.5 Å². The van der Waals surface area contributed by atoms with Crippen LogP contribution in [-0.2, 0) is 9.59 Å². The lowest BCUT2D eigenvalue weighted by atomic mass is 9.99. The fourth-order valence-electron chi connectivity index (χ4n) is 3.48. The van der Waals surface area contributed by atoms with Crippen LogP contribution in [0.4, 0.5) is 0 Å². The Morgan fingerprint density at radius 1 is 1.27 bits per heavy atom. The number of aliphatic hydroxyl groups is 1. The number of hydrogen-bond donors (Lipinski definition) is 2. The molecule has 1 fully saturated rings. The van der Waals surface area contributed by atoms with Crippen LogP contribution in [0, 0.1) is 0 Å². The number of nitrogens with one attached hydrogen (secondary N) is 1. The first kappa shape index (κ1) is 21.4. The van der Waals surface area contributed by atoms with Gasteiger partial charge in [-0.15, -0.1) is 0 Å². The van der Waals surface area contributed by atoms with Gasteiger partial charge in [-0.3, -0.25) is 9.59 Å². The molecule has 1 aromatic carbocycles. The van der Waals surface area contributed by atoms with Gasteiger partial charge < -0.3 is 24.1 Å². The molecular weight excluding hydrogens is 384 g/mol. The van der Waals surface area contributed by atoms with Crippen LogP contribution < -0.4 is 9.64 Å². The Morgan fingerprint density at radius 2 is 2.00 bits per heavy atom. The van der Waals surface area contributed by atoms with Crippen molar-refractivity contribution in [3.8, 4) is 5.75 Å². The molecule has 2 aromatic rings. The molecule has 1 aliphatic heterocycles. The van der Waals surface area contributed by atoms with Crippen molar-refractivity contribution in [2.45, 2.75) is 12.5 Å². The summed E-state index contributed by atoms with van der Waals surface area (Å²) >= 11 is 0. The normalized spacial score (nSPS) is 18.2. The lowest BCUT2D eigenvalue weighted by Gasteiger charge is -2.23. The minimum atomic E-state index is -0.756. The van der Waals surface area contributed by atoms with Crippen LogP contribution in [0.1, 0.15) is 23.8 Å². The smallest absolute Gasteiger partial charge is 0.295 e. The number of rotatable bonds is 9. The van der Waals surface area contributed by atoms with Gasteiger partial charge in [0.05, 0.1) is 32.5 Å². The molecule has 0 radical (unpaired) electrons. The molecule has 158 valence electrons. The highest BCUT2D eigenvalue weighted by atomic mass is 16.5. The van der Waals surface area contributed by atoms with Crippen LogP contribution in [0.15, 0.2) is 65.3 Å². The van der Waals surface area contributed by atoms with Crippen LogP contribution in [0.25, 0.3) is 5.76 Å². The van der Waals surface area contributed by atoms with E-state index in [9.17, 15) is 14.7 Å². The number of likely N-dealkylation sites (tertiary alicyclic amines) is 1. The van der Waals surface area contributed by atoms with Gasteiger partial charge in [0.25, 0.3) is 11.7 Å². The molecule has 1 atom stereocenters. The van der Waals surface area contributed by atoms with Gasteiger partial charge >= 0.3 is 0 Å². The monoisotopic (exact) mass is 411 g/mol. The average Bonchev–Trinajstić information content (AvgIpc) is 3.34. The maximum atomic E-state index is 12.8. The summed E-state index contributed by atoms with van der Waals surface area (Å²) in [6, 6.07) is 9.33. The van der Waals surface area contributed by atoms with Gasteiger partial charge in [-0.25, -0.2) is 0 Å². The van der Waals surface area contributed by atoms with Crippen molar-refractivity contribution in [3.05, 3.63) is 72.2 Å². The number of carbonyl (C=O) groups excluding carboxylic acids is 2. The van der Waals surface area contributed by atoms with Gasteiger partial charge in [0, 0.05) is 18.5 Å². The van der Waals surface area contributed by atoms with Crippen molar-refractivity contribution >= 4 is 17.4 Å². The van der Waals surface area contributed by atoms with Gasteiger partial charge in [-0.1, -0.05) is 12.7 Å². The van der Waals surface area contributed by atoms with Crippen molar-refractivity contribution in [1.29, 1.82) is 0 Å². The highest BCUT2D eigenvalue weighted by Gasteiger charge is 2.47. The van der Waals surface area contributed by atoms with E-state index in [1.807, 2.05) is 14.1 Å². The molecule has 0 spiro atoms. The van der Waals surface area contributed by atoms with Crippen LogP contribution in [0.5, 0.6) is 5.75 Å².